The van der Waals surface area contributed by atoms with Gasteiger partial charge in [0.15, 0.2) is 0 Å². The molecule has 0 spiro atoms. The van der Waals surface area contributed by atoms with Gasteiger partial charge in [0.25, 0.3) is 11.5 Å². The van der Waals surface area contributed by atoms with E-state index in [1.807, 2.05) is 61.9 Å². The number of aryl methyl sites for hydroxylation is 2. The van der Waals surface area contributed by atoms with E-state index in [1.165, 1.54) is 10.6 Å². The first-order chi connectivity index (χ1) is 14.0. The molecule has 29 heavy (non-hydrogen) atoms. The predicted molar refractivity (Wildman–Crippen MR) is 110 cm³/mol. The highest BCUT2D eigenvalue weighted by molar-refractivity contribution is 5.93. The number of carbonyl (C=O) groups excluding carboxylic acids is 1. The quantitative estimate of drug-likeness (QED) is 0.584. The maximum atomic E-state index is 12.7. The summed E-state index contributed by atoms with van der Waals surface area (Å²) in [5.41, 5.74) is 4.70. The fourth-order valence-corrected chi connectivity index (χ4v) is 3.35. The third-order valence-electron chi connectivity index (χ3n) is 4.96. The summed E-state index contributed by atoms with van der Waals surface area (Å²) in [5, 5.41) is 7.42. The number of benzene rings is 1. The van der Waals surface area contributed by atoms with E-state index in [4.69, 9.17) is 0 Å². The van der Waals surface area contributed by atoms with Crippen LogP contribution in [0.4, 0.5) is 0 Å². The number of amides is 1. The lowest BCUT2D eigenvalue weighted by Crippen LogP contribution is -2.31. The van der Waals surface area contributed by atoms with Crippen molar-refractivity contribution in [2.75, 3.05) is 0 Å². The van der Waals surface area contributed by atoms with Gasteiger partial charge in [-0.15, -0.1) is 0 Å². The first kappa shape index (κ1) is 18.6. The van der Waals surface area contributed by atoms with Gasteiger partial charge in [-0.05, 0) is 44.5 Å². The zero-order valence-corrected chi connectivity index (χ0v) is 16.5. The van der Waals surface area contributed by atoms with Crippen LogP contribution in [0.1, 0.15) is 32.9 Å². The average molecular weight is 387 g/mol. The molecule has 3 aromatic heterocycles. The average Bonchev–Trinajstić information content (AvgIpc) is 3.01. The summed E-state index contributed by atoms with van der Waals surface area (Å²) in [7, 11) is 0. The van der Waals surface area contributed by atoms with E-state index < -0.39 is 5.91 Å². The molecule has 1 aromatic carbocycles. The highest BCUT2D eigenvalue weighted by Gasteiger charge is 2.17. The summed E-state index contributed by atoms with van der Waals surface area (Å²) in [6.07, 6.45) is 3.01. The Hall–Kier alpha value is -3.74. The predicted octanol–water partition coefficient (Wildman–Crippen LogP) is 2.74. The summed E-state index contributed by atoms with van der Waals surface area (Å²) in [6.45, 7) is 6.03. The molecule has 0 saturated heterocycles. The van der Waals surface area contributed by atoms with E-state index in [0.29, 0.717) is 5.65 Å². The molecule has 0 bridgehead atoms. The largest absolute Gasteiger partial charge is 0.348 e. The number of pyridine rings is 1. The second-order valence-electron chi connectivity index (χ2n) is 6.99. The van der Waals surface area contributed by atoms with Crippen molar-refractivity contribution in [2.45, 2.75) is 27.3 Å². The zero-order chi connectivity index (χ0) is 20.5. The van der Waals surface area contributed by atoms with Gasteiger partial charge in [0.05, 0.1) is 11.4 Å². The monoisotopic (exact) mass is 387 g/mol. The third-order valence-corrected chi connectivity index (χ3v) is 4.96. The van der Waals surface area contributed by atoms with Crippen molar-refractivity contribution in [3.8, 4) is 5.69 Å². The standard InChI is InChI=1S/C22H21N5O2/c1-14-9-10-20-23-12-19(22(29)26(20)13-14)21(28)24-11-18-15(2)25-27(16(18)3)17-7-5-4-6-8-17/h4-10,12-13H,11H2,1-3H3,(H,24,28). The van der Waals surface area contributed by atoms with Gasteiger partial charge in [-0.3, -0.25) is 14.0 Å². The van der Waals surface area contributed by atoms with Crippen LogP contribution in [0.25, 0.3) is 11.3 Å². The SMILES string of the molecule is Cc1ccc2ncc(C(=O)NCc3c(C)nn(-c4ccccc4)c3C)c(=O)n2c1. The van der Waals surface area contributed by atoms with Crippen LogP contribution in [-0.4, -0.2) is 25.1 Å². The van der Waals surface area contributed by atoms with Gasteiger partial charge >= 0.3 is 0 Å². The number of fused-ring (bicyclic) bond motifs is 1. The Kier molecular flexibility index (Phi) is 4.72. The van der Waals surface area contributed by atoms with Crippen molar-refractivity contribution in [3.05, 3.63) is 93.3 Å². The number of hydrogen-bond donors (Lipinski definition) is 1. The molecule has 0 aliphatic rings. The maximum Gasteiger partial charge on any atom is 0.270 e. The van der Waals surface area contributed by atoms with Crippen LogP contribution in [0.2, 0.25) is 0 Å². The van der Waals surface area contributed by atoms with E-state index in [0.717, 1.165) is 28.2 Å². The van der Waals surface area contributed by atoms with Crippen LogP contribution in [0.5, 0.6) is 0 Å². The number of hydrogen-bond acceptors (Lipinski definition) is 4. The Labute approximate surface area is 167 Å². The molecule has 7 heteroatoms. The van der Waals surface area contributed by atoms with Crippen molar-refractivity contribution >= 4 is 11.6 Å². The topological polar surface area (TPSA) is 81.3 Å². The molecule has 0 radical (unpaired) electrons. The van der Waals surface area contributed by atoms with E-state index >= 15 is 0 Å². The molecule has 1 amide bonds. The normalized spacial score (nSPS) is 11.0. The molecule has 0 atom stereocenters. The van der Waals surface area contributed by atoms with Crippen LogP contribution in [0.15, 0.2) is 59.7 Å². The number of nitrogens with zero attached hydrogens (tertiary/aromatic N) is 4. The highest BCUT2D eigenvalue weighted by Crippen LogP contribution is 2.17. The molecule has 0 aliphatic heterocycles. The number of nitrogens with one attached hydrogen (secondary N) is 1. The van der Waals surface area contributed by atoms with Crippen LogP contribution < -0.4 is 10.9 Å². The Bertz CT molecular complexity index is 1270. The van der Waals surface area contributed by atoms with Gasteiger partial charge in [0.1, 0.15) is 11.2 Å². The minimum absolute atomic E-state index is 0.0128. The van der Waals surface area contributed by atoms with Crippen LogP contribution in [-0.2, 0) is 6.54 Å². The molecule has 0 aliphatic carbocycles. The van der Waals surface area contributed by atoms with Gasteiger partial charge in [0, 0.05) is 30.2 Å². The Balaban J connectivity index is 1.60. The fourth-order valence-electron chi connectivity index (χ4n) is 3.35. The molecule has 4 aromatic rings. The third kappa shape index (κ3) is 3.42. The van der Waals surface area contributed by atoms with E-state index in [9.17, 15) is 9.59 Å². The Morgan fingerprint density at radius 1 is 1.07 bits per heavy atom. The van der Waals surface area contributed by atoms with Crippen molar-refractivity contribution in [1.82, 2.24) is 24.5 Å². The summed E-state index contributed by atoms with van der Waals surface area (Å²) >= 11 is 0. The molecule has 146 valence electrons. The highest BCUT2D eigenvalue weighted by atomic mass is 16.2. The number of rotatable bonds is 4. The van der Waals surface area contributed by atoms with Crippen LogP contribution in [0, 0.1) is 20.8 Å². The molecule has 4 rings (SSSR count). The van der Waals surface area contributed by atoms with Gasteiger partial charge in [-0.25, -0.2) is 9.67 Å². The molecular formula is C22H21N5O2. The summed E-state index contributed by atoms with van der Waals surface area (Å²) in [4.78, 5) is 29.6. The van der Waals surface area contributed by atoms with E-state index in [2.05, 4.69) is 15.4 Å². The summed E-state index contributed by atoms with van der Waals surface area (Å²) < 4.78 is 3.25. The zero-order valence-electron chi connectivity index (χ0n) is 16.5. The lowest BCUT2D eigenvalue weighted by atomic mass is 10.2. The van der Waals surface area contributed by atoms with Gasteiger partial charge < -0.3 is 5.32 Å². The number of carbonyl (C=O) groups is 1. The molecule has 3 heterocycles. The van der Waals surface area contributed by atoms with Crippen molar-refractivity contribution < 1.29 is 4.79 Å². The number of para-hydroxylation sites is 1. The molecular weight excluding hydrogens is 366 g/mol. The van der Waals surface area contributed by atoms with E-state index in [-0.39, 0.29) is 17.7 Å². The van der Waals surface area contributed by atoms with Gasteiger partial charge in [-0.2, -0.15) is 5.10 Å². The van der Waals surface area contributed by atoms with Gasteiger partial charge in [-0.1, -0.05) is 24.3 Å². The Morgan fingerprint density at radius 3 is 2.59 bits per heavy atom. The first-order valence-corrected chi connectivity index (χ1v) is 9.32. The smallest absolute Gasteiger partial charge is 0.270 e. The molecule has 7 nitrogen and oxygen atoms in total. The lowest BCUT2D eigenvalue weighted by molar-refractivity contribution is 0.0949. The molecule has 0 unspecified atom stereocenters. The summed E-state index contributed by atoms with van der Waals surface area (Å²) in [6, 6.07) is 13.4. The minimum atomic E-state index is -0.454. The maximum absolute atomic E-state index is 12.7. The van der Waals surface area contributed by atoms with Crippen molar-refractivity contribution in [1.29, 1.82) is 0 Å². The molecule has 0 saturated carbocycles. The first-order valence-electron chi connectivity index (χ1n) is 9.32. The fraction of sp³-hybridized carbons (Fsp3) is 0.182. The van der Waals surface area contributed by atoms with Gasteiger partial charge in [0.2, 0.25) is 0 Å². The van der Waals surface area contributed by atoms with Crippen LogP contribution >= 0.6 is 0 Å². The van der Waals surface area contributed by atoms with Crippen LogP contribution in [0.3, 0.4) is 0 Å². The van der Waals surface area contributed by atoms with Crippen molar-refractivity contribution in [3.63, 3.8) is 0 Å². The molecule has 0 fully saturated rings. The number of aromatic nitrogens is 4. The summed E-state index contributed by atoms with van der Waals surface area (Å²) in [5.74, 6) is -0.454. The Morgan fingerprint density at radius 2 is 1.83 bits per heavy atom. The second kappa shape index (κ2) is 7.35. The van der Waals surface area contributed by atoms with Crippen molar-refractivity contribution in [2.24, 2.45) is 0 Å². The lowest BCUT2D eigenvalue weighted by Gasteiger charge is -2.08. The minimum Gasteiger partial charge on any atom is -0.348 e. The molecule has 1 N–H and O–H groups in total. The second-order valence-corrected chi connectivity index (χ2v) is 6.99. The van der Waals surface area contributed by atoms with E-state index in [1.54, 1.807) is 12.3 Å².